The lowest BCUT2D eigenvalue weighted by atomic mass is 10.2. The molecule has 3 nitrogen and oxygen atoms in total. The maximum Gasteiger partial charge on any atom is 0.160 e. The molecule has 0 saturated heterocycles. The first-order chi connectivity index (χ1) is 7.28. The minimum absolute atomic E-state index is 0.0862. The molecular weight excluding hydrogens is 192 g/mol. The van der Waals surface area contributed by atoms with Crippen LogP contribution in [0, 0.1) is 0 Å². The van der Waals surface area contributed by atoms with Gasteiger partial charge in [0.1, 0.15) is 0 Å². The predicted molar refractivity (Wildman–Crippen MR) is 61.9 cm³/mol. The average molecular weight is 216 g/mol. The third kappa shape index (κ3) is 7.54. The van der Waals surface area contributed by atoms with E-state index in [-0.39, 0.29) is 12.4 Å². The lowest BCUT2D eigenvalue weighted by Gasteiger charge is -2.21. The fourth-order valence-electron chi connectivity index (χ4n) is 1.38. The van der Waals surface area contributed by atoms with Crippen molar-refractivity contribution < 1.29 is 14.2 Å². The molecular formula is C12H24O3. The first kappa shape index (κ1) is 14.6. The SMILES string of the molecule is C/C=C/C(CC(OCC)OCC)OCC. The van der Waals surface area contributed by atoms with Crippen LogP contribution >= 0.6 is 0 Å². The van der Waals surface area contributed by atoms with E-state index in [1.54, 1.807) is 0 Å². The maximum atomic E-state index is 5.56. The Morgan fingerprint density at radius 1 is 0.933 bits per heavy atom. The number of ether oxygens (including phenoxy) is 3. The van der Waals surface area contributed by atoms with Crippen molar-refractivity contribution in [3.05, 3.63) is 12.2 Å². The quantitative estimate of drug-likeness (QED) is 0.438. The third-order valence-corrected chi connectivity index (χ3v) is 1.92. The molecule has 3 heteroatoms. The van der Waals surface area contributed by atoms with Crippen molar-refractivity contribution in [3.8, 4) is 0 Å². The monoisotopic (exact) mass is 216 g/mol. The van der Waals surface area contributed by atoms with Crippen molar-refractivity contribution in [3.63, 3.8) is 0 Å². The molecule has 90 valence electrons. The van der Waals surface area contributed by atoms with Gasteiger partial charge in [-0.05, 0) is 27.7 Å². The number of hydrogen-bond donors (Lipinski definition) is 0. The van der Waals surface area contributed by atoms with E-state index < -0.39 is 0 Å². The minimum atomic E-state index is -0.159. The van der Waals surface area contributed by atoms with Gasteiger partial charge in [-0.3, -0.25) is 0 Å². The summed E-state index contributed by atoms with van der Waals surface area (Å²) in [6.45, 7) is 9.96. The van der Waals surface area contributed by atoms with Crippen LogP contribution < -0.4 is 0 Å². The minimum Gasteiger partial charge on any atom is -0.374 e. The Hall–Kier alpha value is -0.380. The predicted octanol–water partition coefficient (Wildman–Crippen LogP) is 2.76. The molecule has 0 fully saturated rings. The number of rotatable bonds is 9. The third-order valence-electron chi connectivity index (χ3n) is 1.92. The fraction of sp³-hybridized carbons (Fsp3) is 0.833. The molecule has 0 rings (SSSR count). The van der Waals surface area contributed by atoms with Gasteiger partial charge in [-0.1, -0.05) is 12.2 Å². The molecule has 0 radical (unpaired) electrons. The summed E-state index contributed by atoms with van der Waals surface area (Å²) >= 11 is 0. The molecule has 0 bridgehead atoms. The van der Waals surface area contributed by atoms with Crippen LogP contribution in [0.3, 0.4) is 0 Å². The Morgan fingerprint density at radius 3 is 1.87 bits per heavy atom. The second kappa shape index (κ2) is 10.1. The van der Waals surface area contributed by atoms with E-state index in [9.17, 15) is 0 Å². The summed E-state index contributed by atoms with van der Waals surface area (Å²) in [5.74, 6) is 0. The first-order valence-electron chi connectivity index (χ1n) is 5.75. The molecule has 0 aromatic carbocycles. The van der Waals surface area contributed by atoms with Crippen LogP contribution in [-0.4, -0.2) is 32.2 Å². The second-order valence-electron chi connectivity index (χ2n) is 3.10. The Morgan fingerprint density at radius 2 is 1.47 bits per heavy atom. The molecule has 0 aromatic rings. The highest BCUT2D eigenvalue weighted by Gasteiger charge is 2.14. The van der Waals surface area contributed by atoms with E-state index in [2.05, 4.69) is 0 Å². The largest absolute Gasteiger partial charge is 0.374 e. The zero-order chi connectivity index (χ0) is 11.5. The summed E-state index contributed by atoms with van der Waals surface area (Å²) in [5, 5.41) is 0. The molecule has 1 unspecified atom stereocenters. The molecule has 0 aliphatic rings. The summed E-state index contributed by atoms with van der Waals surface area (Å²) < 4.78 is 16.5. The van der Waals surface area contributed by atoms with Crippen molar-refractivity contribution in [1.82, 2.24) is 0 Å². The van der Waals surface area contributed by atoms with Gasteiger partial charge in [-0.25, -0.2) is 0 Å². The van der Waals surface area contributed by atoms with Crippen LogP contribution in [0.5, 0.6) is 0 Å². The van der Waals surface area contributed by atoms with Crippen LogP contribution in [0.1, 0.15) is 34.1 Å². The molecule has 0 saturated carbocycles. The van der Waals surface area contributed by atoms with E-state index in [0.29, 0.717) is 19.8 Å². The van der Waals surface area contributed by atoms with Crippen LogP contribution in [0.2, 0.25) is 0 Å². The highest BCUT2D eigenvalue weighted by molar-refractivity contribution is 4.87. The van der Waals surface area contributed by atoms with Crippen molar-refractivity contribution in [2.75, 3.05) is 19.8 Å². The van der Waals surface area contributed by atoms with Gasteiger partial charge >= 0.3 is 0 Å². The highest BCUT2D eigenvalue weighted by Crippen LogP contribution is 2.09. The summed E-state index contributed by atoms with van der Waals surface area (Å²) in [5.41, 5.74) is 0. The molecule has 1 atom stereocenters. The summed E-state index contributed by atoms with van der Waals surface area (Å²) in [4.78, 5) is 0. The zero-order valence-electron chi connectivity index (χ0n) is 10.4. The van der Waals surface area contributed by atoms with Crippen LogP contribution in [-0.2, 0) is 14.2 Å². The highest BCUT2D eigenvalue weighted by atomic mass is 16.7. The summed E-state index contributed by atoms with van der Waals surface area (Å²) in [6, 6.07) is 0. The molecule has 0 aliphatic carbocycles. The Kier molecular flexibility index (Phi) is 9.89. The molecule has 0 N–H and O–H groups in total. The lowest BCUT2D eigenvalue weighted by Crippen LogP contribution is -2.24. The molecule has 0 aliphatic heterocycles. The molecule has 0 heterocycles. The van der Waals surface area contributed by atoms with E-state index in [0.717, 1.165) is 6.42 Å². The van der Waals surface area contributed by atoms with Crippen molar-refractivity contribution >= 4 is 0 Å². The summed E-state index contributed by atoms with van der Waals surface area (Å²) in [6.07, 6.45) is 4.71. The van der Waals surface area contributed by atoms with E-state index >= 15 is 0 Å². The average Bonchev–Trinajstić information content (AvgIpc) is 2.19. The van der Waals surface area contributed by atoms with Crippen molar-refractivity contribution in [1.29, 1.82) is 0 Å². The van der Waals surface area contributed by atoms with Gasteiger partial charge in [0.15, 0.2) is 6.29 Å². The Balaban J connectivity index is 4.05. The van der Waals surface area contributed by atoms with Crippen LogP contribution in [0.4, 0.5) is 0 Å². The van der Waals surface area contributed by atoms with Gasteiger partial charge in [0.2, 0.25) is 0 Å². The van der Waals surface area contributed by atoms with E-state index in [1.165, 1.54) is 0 Å². The Bertz CT molecular complexity index is 151. The van der Waals surface area contributed by atoms with Gasteiger partial charge < -0.3 is 14.2 Å². The fourth-order valence-corrected chi connectivity index (χ4v) is 1.38. The van der Waals surface area contributed by atoms with Crippen LogP contribution in [0.25, 0.3) is 0 Å². The lowest BCUT2D eigenvalue weighted by molar-refractivity contribution is -0.152. The van der Waals surface area contributed by atoms with Crippen molar-refractivity contribution in [2.45, 2.75) is 46.5 Å². The smallest absolute Gasteiger partial charge is 0.160 e. The number of hydrogen-bond acceptors (Lipinski definition) is 3. The van der Waals surface area contributed by atoms with E-state index in [1.807, 2.05) is 39.8 Å². The van der Waals surface area contributed by atoms with Gasteiger partial charge in [-0.2, -0.15) is 0 Å². The maximum absolute atomic E-state index is 5.56. The summed E-state index contributed by atoms with van der Waals surface area (Å²) in [7, 11) is 0. The standard InChI is InChI=1S/C12H24O3/c1-5-9-11(13-6-2)10-12(14-7-3)15-8-4/h5,9,11-12H,6-8,10H2,1-4H3/b9-5+. The molecule has 15 heavy (non-hydrogen) atoms. The molecule has 0 spiro atoms. The molecule has 0 amide bonds. The van der Waals surface area contributed by atoms with Gasteiger partial charge in [0.05, 0.1) is 6.10 Å². The zero-order valence-corrected chi connectivity index (χ0v) is 10.4. The topological polar surface area (TPSA) is 27.7 Å². The second-order valence-corrected chi connectivity index (χ2v) is 3.10. The molecule has 0 aromatic heterocycles. The van der Waals surface area contributed by atoms with Crippen LogP contribution in [0.15, 0.2) is 12.2 Å². The van der Waals surface area contributed by atoms with Gasteiger partial charge in [0.25, 0.3) is 0 Å². The number of allylic oxidation sites excluding steroid dienone is 1. The van der Waals surface area contributed by atoms with Crippen molar-refractivity contribution in [2.24, 2.45) is 0 Å². The first-order valence-corrected chi connectivity index (χ1v) is 5.75. The van der Waals surface area contributed by atoms with E-state index in [4.69, 9.17) is 14.2 Å². The van der Waals surface area contributed by atoms with Gasteiger partial charge in [0, 0.05) is 26.2 Å². The Labute approximate surface area is 93.4 Å². The normalized spacial score (nSPS) is 13.9. The van der Waals surface area contributed by atoms with Gasteiger partial charge in [-0.15, -0.1) is 0 Å².